The molecule has 4 rings (SSSR count). The number of nitrogens with zero attached hydrogens (tertiary/aromatic N) is 1. The van der Waals surface area contributed by atoms with Gasteiger partial charge in [0, 0.05) is 29.1 Å². The van der Waals surface area contributed by atoms with Crippen molar-refractivity contribution in [2.75, 3.05) is 18.2 Å². The smallest absolute Gasteiger partial charge is 0.299 e. The second-order valence-corrected chi connectivity index (χ2v) is 9.24. The number of halogens is 2. The molecule has 1 aromatic heterocycles. The maximum atomic E-state index is 15.2. The van der Waals surface area contributed by atoms with Crippen LogP contribution in [0.5, 0.6) is 23.0 Å². The third-order valence-corrected chi connectivity index (χ3v) is 6.62. The van der Waals surface area contributed by atoms with Gasteiger partial charge in [0.05, 0.1) is 24.7 Å². The highest BCUT2D eigenvalue weighted by Gasteiger charge is 2.28. The van der Waals surface area contributed by atoms with Crippen molar-refractivity contribution in [3.05, 3.63) is 84.1 Å². The number of carbonyl (C=O) groups is 2. The van der Waals surface area contributed by atoms with E-state index in [0.717, 1.165) is 0 Å². The quantitative estimate of drug-likeness (QED) is 0.133. The van der Waals surface area contributed by atoms with Gasteiger partial charge >= 0.3 is 0 Å². The fraction of sp³-hybridized carbons (Fsp3) is 0.207. The van der Waals surface area contributed by atoms with Crippen molar-refractivity contribution < 1.29 is 33.0 Å². The van der Waals surface area contributed by atoms with Crippen LogP contribution < -0.4 is 20.1 Å². The Hall–Kier alpha value is -4.38. The van der Waals surface area contributed by atoms with Crippen LogP contribution in [0, 0.1) is 17.6 Å². The molecule has 1 heterocycles. The molecule has 208 valence electrons. The number of anilines is 1. The van der Waals surface area contributed by atoms with E-state index in [0.29, 0.717) is 40.1 Å². The van der Waals surface area contributed by atoms with Crippen molar-refractivity contribution in [3.63, 3.8) is 0 Å². The Labute approximate surface area is 234 Å². The van der Waals surface area contributed by atoms with Crippen molar-refractivity contribution in [2.45, 2.75) is 19.4 Å². The molecular weight excluding hydrogens is 540 g/mol. The molecule has 11 heteroatoms. The molecule has 0 spiro atoms. The van der Waals surface area contributed by atoms with E-state index in [1.807, 2.05) is 6.92 Å². The number of aromatic nitrogens is 1. The molecular formula is C29H28F2N3O5S+. The van der Waals surface area contributed by atoms with Crippen molar-refractivity contribution >= 4 is 41.0 Å². The van der Waals surface area contributed by atoms with Crippen molar-refractivity contribution in [1.82, 2.24) is 10.3 Å². The number of thiol groups is 1. The first kappa shape index (κ1) is 28.6. The lowest BCUT2D eigenvalue weighted by molar-refractivity contribution is -0.132. The zero-order valence-electron chi connectivity index (χ0n) is 21.7. The Balaban J connectivity index is 1.49. The number of nitrogens with one attached hydrogen (secondary N) is 2. The van der Waals surface area contributed by atoms with Gasteiger partial charge in [-0.25, -0.2) is 8.78 Å². The molecule has 0 radical (unpaired) electrons. The number of hydrogen-bond donors (Lipinski definition) is 3. The molecule has 2 atom stereocenters. The third kappa shape index (κ3) is 6.42. The van der Waals surface area contributed by atoms with Gasteiger partial charge in [-0.05, 0) is 54.4 Å². The first-order valence-corrected chi connectivity index (χ1v) is 13.0. The Morgan fingerprint density at radius 1 is 1.00 bits per heavy atom. The number of carbonyl (C=O) groups excluding carboxylic acids is 2. The van der Waals surface area contributed by atoms with Gasteiger partial charge < -0.3 is 25.2 Å². The second kappa shape index (κ2) is 12.6. The number of fused-ring (bicyclic) bond motifs is 1. The summed E-state index contributed by atoms with van der Waals surface area (Å²) < 4.78 is 39.4. The summed E-state index contributed by atoms with van der Waals surface area (Å²) in [5.74, 6) is -2.69. The van der Waals surface area contributed by atoms with Gasteiger partial charge in [-0.3, -0.25) is 14.6 Å². The first-order valence-electron chi connectivity index (χ1n) is 12.4. The van der Waals surface area contributed by atoms with E-state index in [9.17, 15) is 14.0 Å². The molecule has 0 aliphatic rings. The van der Waals surface area contributed by atoms with Gasteiger partial charge in [-0.15, -0.1) is 0 Å². The largest absolute Gasteiger partial charge is 0.591 e. The predicted octanol–water partition coefficient (Wildman–Crippen LogP) is 5.50. The third-order valence-electron chi connectivity index (χ3n) is 6.25. The van der Waals surface area contributed by atoms with E-state index in [1.54, 1.807) is 18.2 Å². The highest BCUT2D eigenvalue weighted by atomic mass is 32.1. The zero-order chi connectivity index (χ0) is 28.8. The van der Waals surface area contributed by atoms with Gasteiger partial charge in [0.15, 0.2) is 11.6 Å². The molecule has 0 saturated carbocycles. The van der Waals surface area contributed by atoms with Crippen LogP contribution >= 0.6 is 12.6 Å². The highest BCUT2D eigenvalue weighted by molar-refractivity contribution is 7.80. The summed E-state index contributed by atoms with van der Waals surface area (Å²) in [7, 11) is 1.45. The van der Waals surface area contributed by atoms with Crippen LogP contribution in [-0.4, -0.2) is 34.8 Å². The van der Waals surface area contributed by atoms with Crippen LogP contribution in [-0.2, 0) is 9.59 Å². The average molecular weight is 569 g/mol. The summed E-state index contributed by atoms with van der Waals surface area (Å²) in [5, 5.41) is 13.9. The number of methoxy groups -OCH3 is 1. The maximum Gasteiger partial charge on any atom is 0.299 e. The Kier molecular flexibility index (Phi) is 9.05. The molecule has 3 aromatic carbocycles. The summed E-state index contributed by atoms with van der Waals surface area (Å²) in [5.41, 5.74) is 1.32. The minimum atomic E-state index is -1.13. The number of rotatable bonds is 10. The van der Waals surface area contributed by atoms with Crippen molar-refractivity contribution in [2.24, 2.45) is 5.92 Å². The molecule has 2 unspecified atom stereocenters. The maximum absolute atomic E-state index is 15.2. The van der Waals surface area contributed by atoms with Gasteiger partial charge in [0.25, 0.3) is 5.75 Å². The first-order chi connectivity index (χ1) is 19.2. The van der Waals surface area contributed by atoms with Crippen LogP contribution in [0.2, 0.25) is 0 Å². The topological polar surface area (TPSA) is 112 Å². The van der Waals surface area contributed by atoms with Gasteiger partial charge in [0.1, 0.15) is 17.5 Å². The molecule has 8 nitrogen and oxygen atoms in total. The molecule has 0 fully saturated rings. The summed E-state index contributed by atoms with van der Waals surface area (Å²) in [6.45, 7) is 1.82. The van der Waals surface area contributed by atoms with Gasteiger partial charge in [-0.1, -0.05) is 13.0 Å². The minimum Gasteiger partial charge on any atom is -0.591 e. The molecule has 0 aliphatic heterocycles. The van der Waals surface area contributed by atoms with Crippen LogP contribution in [0.25, 0.3) is 10.9 Å². The van der Waals surface area contributed by atoms with Crippen LogP contribution in [0.4, 0.5) is 14.5 Å². The summed E-state index contributed by atoms with van der Waals surface area (Å²) >= 11 is 4.16. The second-order valence-electron chi connectivity index (χ2n) is 8.87. The molecule has 0 saturated heterocycles. The van der Waals surface area contributed by atoms with E-state index in [4.69, 9.17) is 14.6 Å². The van der Waals surface area contributed by atoms with Crippen molar-refractivity contribution in [3.8, 4) is 23.0 Å². The number of ether oxygens (including phenoxy) is 2. The van der Waals surface area contributed by atoms with Gasteiger partial charge in [-0.2, -0.15) is 12.6 Å². The number of pyridine rings is 1. The van der Waals surface area contributed by atoms with Crippen molar-refractivity contribution in [1.29, 1.82) is 0 Å². The van der Waals surface area contributed by atoms with E-state index >= 15 is 4.39 Å². The summed E-state index contributed by atoms with van der Waals surface area (Å²) in [6.07, 6.45) is 1.93. The Morgan fingerprint density at radius 3 is 2.40 bits per heavy atom. The fourth-order valence-corrected chi connectivity index (χ4v) is 4.41. The lowest BCUT2D eigenvalue weighted by Crippen LogP contribution is -2.40. The average Bonchev–Trinajstić information content (AvgIpc) is 2.94. The predicted molar refractivity (Wildman–Crippen MR) is 151 cm³/mol. The summed E-state index contributed by atoms with van der Waals surface area (Å²) in [4.78, 5) is 29.9. The SMILES string of the molecule is CCC(NC(=O)C(CS)C(=O)Nc1ccc(F)cc1)c1ccc(Oc2ccnc3cc([OH2+])c(OC)cc23)c(F)c1. The molecule has 2 amide bonds. The minimum absolute atomic E-state index is 0.0433. The molecule has 0 bridgehead atoms. The zero-order valence-corrected chi connectivity index (χ0v) is 22.6. The molecule has 40 heavy (non-hydrogen) atoms. The molecule has 4 aromatic rings. The van der Waals surface area contributed by atoms with Gasteiger partial charge in [0.2, 0.25) is 17.6 Å². The van der Waals surface area contributed by atoms with Crippen LogP contribution in [0.1, 0.15) is 24.9 Å². The Bertz CT molecular complexity index is 1530. The molecule has 0 aliphatic carbocycles. The Morgan fingerprint density at radius 2 is 1.75 bits per heavy atom. The normalized spacial score (nSPS) is 12.4. The number of amides is 2. The van der Waals surface area contributed by atoms with Crippen LogP contribution in [0.3, 0.4) is 0 Å². The van der Waals surface area contributed by atoms with E-state index in [-0.39, 0.29) is 17.3 Å². The highest BCUT2D eigenvalue weighted by Crippen LogP contribution is 2.37. The van der Waals surface area contributed by atoms with E-state index in [2.05, 4.69) is 28.2 Å². The lowest BCUT2D eigenvalue weighted by atomic mass is 10.0. The van der Waals surface area contributed by atoms with Crippen LogP contribution in [0.15, 0.2) is 66.9 Å². The monoisotopic (exact) mass is 568 g/mol. The fourth-order valence-electron chi connectivity index (χ4n) is 4.08. The standard InChI is InChI=1S/C29H27F2N3O5S/c1-3-22(34-29(37)20(15-40)28(36)33-18-7-5-17(30)6-8-18)16-4-9-26(21(31)12-16)39-25-10-11-32-23-14-24(35)27(38-2)13-19(23)25/h4-14,20,22,35,40H,3,15H2,1-2H3,(H,33,36)(H,34,37)/p+1. The molecule has 4 N–H and O–H groups in total. The number of benzene rings is 3. The summed E-state index contributed by atoms with van der Waals surface area (Å²) in [6, 6.07) is 13.7. The lowest BCUT2D eigenvalue weighted by Gasteiger charge is -2.21. The number of hydrogen-bond acceptors (Lipinski definition) is 6. The van der Waals surface area contributed by atoms with E-state index < -0.39 is 35.4 Å². The van der Waals surface area contributed by atoms with E-state index in [1.165, 1.54) is 55.8 Å².